The van der Waals surface area contributed by atoms with E-state index in [9.17, 15) is 9.90 Å². The van der Waals surface area contributed by atoms with Crippen LogP contribution >= 0.6 is 0 Å². The van der Waals surface area contributed by atoms with Crippen molar-refractivity contribution in [3.63, 3.8) is 0 Å². The zero-order chi connectivity index (χ0) is 11.6. The van der Waals surface area contributed by atoms with Gasteiger partial charge in [-0.2, -0.15) is 0 Å². The lowest BCUT2D eigenvalue weighted by atomic mass is 9.85. The van der Waals surface area contributed by atoms with Gasteiger partial charge in [-0.1, -0.05) is 51.4 Å². The molecule has 0 radical (unpaired) electrons. The van der Waals surface area contributed by atoms with Gasteiger partial charge in [0.15, 0.2) is 0 Å². The number of carbonyl (C=O) groups excluding carboxylic acids is 1. The van der Waals surface area contributed by atoms with Crippen molar-refractivity contribution < 1.29 is 9.90 Å². The van der Waals surface area contributed by atoms with E-state index in [1.165, 1.54) is 44.9 Å². The van der Waals surface area contributed by atoms with E-state index < -0.39 is 0 Å². The molecule has 1 saturated carbocycles. The number of carbonyl (C=O) groups is 1. The first kappa shape index (κ1) is 13.7. The molecule has 0 aliphatic heterocycles. The SMILES string of the molecule is O=CC1CCCCCCCCCCC1CO. The lowest BCUT2D eigenvalue weighted by molar-refractivity contribution is -0.113. The van der Waals surface area contributed by atoms with Gasteiger partial charge in [0, 0.05) is 12.5 Å². The lowest BCUT2D eigenvalue weighted by Gasteiger charge is -2.21. The summed E-state index contributed by atoms with van der Waals surface area (Å²) in [6.45, 7) is 0.184. The number of aliphatic hydroxyl groups excluding tert-OH is 1. The summed E-state index contributed by atoms with van der Waals surface area (Å²) >= 11 is 0. The average molecular weight is 226 g/mol. The summed E-state index contributed by atoms with van der Waals surface area (Å²) in [7, 11) is 0. The van der Waals surface area contributed by atoms with Crippen molar-refractivity contribution >= 4 is 6.29 Å². The highest BCUT2D eigenvalue weighted by Gasteiger charge is 2.19. The van der Waals surface area contributed by atoms with Gasteiger partial charge < -0.3 is 9.90 Å². The number of aldehydes is 1. The van der Waals surface area contributed by atoms with E-state index in [2.05, 4.69) is 0 Å². The molecule has 1 rings (SSSR count). The molecule has 0 aromatic heterocycles. The van der Waals surface area contributed by atoms with Gasteiger partial charge in [-0.05, 0) is 18.8 Å². The monoisotopic (exact) mass is 226 g/mol. The molecule has 0 amide bonds. The Morgan fingerprint density at radius 1 is 0.875 bits per heavy atom. The molecule has 2 atom stereocenters. The summed E-state index contributed by atoms with van der Waals surface area (Å²) in [5.74, 6) is 0.321. The summed E-state index contributed by atoms with van der Waals surface area (Å²) in [4.78, 5) is 11.0. The van der Waals surface area contributed by atoms with E-state index in [-0.39, 0.29) is 18.4 Å². The molecule has 1 fully saturated rings. The van der Waals surface area contributed by atoms with Crippen LogP contribution in [0.4, 0.5) is 0 Å². The van der Waals surface area contributed by atoms with E-state index in [1.807, 2.05) is 0 Å². The minimum atomic E-state index is 0.101. The highest BCUT2D eigenvalue weighted by atomic mass is 16.3. The smallest absolute Gasteiger partial charge is 0.123 e. The lowest BCUT2D eigenvalue weighted by Crippen LogP contribution is -2.20. The molecular formula is C14H26O2. The van der Waals surface area contributed by atoms with Gasteiger partial charge in [-0.3, -0.25) is 0 Å². The third-order valence-corrected chi connectivity index (χ3v) is 3.88. The largest absolute Gasteiger partial charge is 0.396 e. The van der Waals surface area contributed by atoms with Crippen molar-refractivity contribution in [1.29, 1.82) is 0 Å². The van der Waals surface area contributed by atoms with Gasteiger partial charge in [0.2, 0.25) is 0 Å². The fourth-order valence-electron chi connectivity index (χ4n) is 2.70. The molecule has 2 heteroatoms. The van der Waals surface area contributed by atoms with Gasteiger partial charge in [-0.15, -0.1) is 0 Å². The molecule has 94 valence electrons. The van der Waals surface area contributed by atoms with Crippen molar-refractivity contribution in [3.05, 3.63) is 0 Å². The quantitative estimate of drug-likeness (QED) is 0.733. The van der Waals surface area contributed by atoms with Crippen LogP contribution < -0.4 is 0 Å². The zero-order valence-corrected chi connectivity index (χ0v) is 10.4. The first-order valence-corrected chi connectivity index (χ1v) is 6.94. The molecule has 2 nitrogen and oxygen atoms in total. The molecule has 2 unspecified atom stereocenters. The fraction of sp³-hybridized carbons (Fsp3) is 0.929. The number of rotatable bonds is 2. The van der Waals surface area contributed by atoms with Crippen molar-refractivity contribution in [2.24, 2.45) is 11.8 Å². The second kappa shape index (κ2) is 8.74. The summed E-state index contributed by atoms with van der Waals surface area (Å²) in [6, 6.07) is 0. The standard InChI is InChI=1S/C14H26O2/c15-11-13-9-7-5-3-1-2-4-6-8-10-14(13)12-16/h11,13-14,16H,1-10,12H2. The molecule has 0 aromatic carbocycles. The predicted molar refractivity (Wildman–Crippen MR) is 66.3 cm³/mol. The second-order valence-electron chi connectivity index (χ2n) is 5.15. The summed E-state index contributed by atoms with van der Waals surface area (Å²) in [5.41, 5.74) is 0. The second-order valence-corrected chi connectivity index (χ2v) is 5.15. The van der Waals surface area contributed by atoms with Gasteiger partial charge in [0.25, 0.3) is 0 Å². The van der Waals surface area contributed by atoms with Crippen molar-refractivity contribution in [3.8, 4) is 0 Å². The Morgan fingerprint density at radius 3 is 1.88 bits per heavy atom. The van der Waals surface area contributed by atoms with Gasteiger partial charge in [-0.25, -0.2) is 0 Å². The van der Waals surface area contributed by atoms with Crippen LogP contribution in [0.25, 0.3) is 0 Å². The van der Waals surface area contributed by atoms with Gasteiger partial charge >= 0.3 is 0 Å². The fourth-order valence-corrected chi connectivity index (χ4v) is 2.70. The first-order chi connectivity index (χ1) is 7.88. The van der Waals surface area contributed by atoms with E-state index in [4.69, 9.17) is 0 Å². The Hall–Kier alpha value is -0.370. The van der Waals surface area contributed by atoms with Crippen LogP contribution in [0.5, 0.6) is 0 Å². The summed E-state index contributed by atoms with van der Waals surface area (Å²) in [5, 5.41) is 9.34. The molecule has 0 aromatic rings. The van der Waals surface area contributed by atoms with Crippen molar-refractivity contribution in [2.75, 3.05) is 6.61 Å². The minimum Gasteiger partial charge on any atom is -0.396 e. The first-order valence-electron chi connectivity index (χ1n) is 6.94. The van der Waals surface area contributed by atoms with Crippen LogP contribution in [-0.4, -0.2) is 18.0 Å². The zero-order valence-electron chi connectivity index (χ0n) is 10.4. The average Bonchev–Trinajstić information content (AvgIpc) is 2.30. The molecule has 0 spiro atoms. The van der Waals surface area contributed by atoms with Crippen molar-refractivity contribution in [1.82, 2.24) is 0 Å². The Kier molecular flexibility index (Phi) is 7.48. The molecule has 16 heavy (non-hydrogen) atoms. The maximum absolute atomic E-state index is 11.0. The topological polar surface area (TPSA) is 37.3 Å². The van der Waals surface area contributed by atoms with Crippen LogP contribution in [0.2, 0.25) is 0 Å². The Labute approximate surface area is 99.4 Å². The third-order valence-electron chi connectivity index (χ3n) is 3.88. The molecule has 0 saturated heterocycles. The minimum absolute atomic E-state index is 0.101. The maximum atomic E-state index is 11.0. The molecule has 1 aliphatic rings. The molecule has 1 aliphatic carbocycles. The van der Waals surface area contributed by atoms with Crippen LogP contribution in [0.15, 0.2) is 0 Å². The summed E-state index contributed by atoms with van der Waals surface area (Å²) in [6.07, 6.45) is 13.3. The van der Waals surface area contributed by atoms with Crippen LogP contribution in [0, 0.1) is 11.8 Å². The number of aliphatic hydroxyl groups is 1. The third kappa shape index (κ3) is 5.11. The van der Waals surface area contributed by atoms with Gasteiger partial charge in [0.1, 0.15) is 6.29 Å². The van der Waals surface area contributed by atoms with Crippen LogP contribution in [-0.2, 0) is 4.79 Å². The van der Waals surface area contributed by atoms with Gasteiger partial charge in [0.05, 0.1) is 0 Å². The van der Waals surface area contributed by atoms with E-state index in [0.29, 0.717) is 0 Å². The van der Waals surface area contributed by atoms with E-state index in [0.717, 1.165) is 25.5 Å². The van der Waals surface area contributed by atoms with E-state index >= 15 is 0 Å². The van der Waals surface area contributed by atoms with Crippen molar-refractivity contribution in [2.45, 2.75) is 64.2 Å². The summed E-state index contributed by atoms with van der Waals surface area (Å²) < 4.78 is 0. The van der Waals surface area contributed by atoms with E-state index in [1.54, 1.807) is 0 Å². The van der Waals surface area contributed by atoms with Crippen LogP contribution in [0.1, 0.15) is 64.2 Å². The Morgan fingerprint density at radius 2 is 1.38 bits per heavy atom. The normalized spacial score (nSPS) is 30.1. The maximum Gasteiger partial charge on any atom is 0.123 e. The number of hydrogen-bond acceptors (Lipinski definition) is 2. The molecule has 0 bridgehead atoms. The Bertz CT molecular complexity index is 180. The molecule has 0 heterocycles. The molecular weight excluding hydrogens is 200 g/mol. The number of hydrogen-bond donors (Lipinski definition) is 1. The Balaban J connectivity index is 2.41. The highest BCUT2D eigenvalue weighted by molar-refractivity contribution is 5.53. The highest BCUT2D eigenvalue weighted by Crippen LogP contribution is 2.24. The predicted octanol–water partition coefficient (Wildman–Crippen LogP) is 3.32. The van der Waals surface area contributed by atoms with Crippen LogP contribution in [0.3, 0.4) is 0 Å². The molecule has 1 N–H and O–H groups in total.